The molecule has 0 radical (unpaired) electrons. The monoisotopic (exact) mass is 482 g/mol. The van der Waals surface area contributed by atoms with Crippen LogP contribution in [0.15, 0.2) is 0 Å². The highest BCUT2D eigenvalue weighted by atomic mass is 79.9. The average Bonchev–Trinajstić information content (AvgIpc) is 2.50. The third kappa shape index (κ3) is 16.2. The summed E-state index contributed by atoms with van der Waals surface area (Å²) < 4.78 is 49.7. The topological polar surface area (TPSA) is 0 Å². The summed E-state index contributed by atoms with van der Waals surface area (Å²) in [6.45, 7) is 0. The van der Waals surface area contributed by atoms with E-state index in [0.29, 0.717) is 10.2 Å². The fourth-order valence-electron chi connectivity index (χ4n) is 2.71. The molecule has 24 heavy (non-hydrogen) atoms. The number of hydrogen-bond donors (Lipinski definition) is 0. The molecule has 0 fully saturated rings. The summed E-state index contributed by atoms with van der Waals surface area (Å²) in [5.74, 6) is -3.80. The van der Waals surface area contributed by atoms with Crippen LogP contribution in [0.25, 0.3) is 0 Å². The predicted molar refractivity (Wildman–Crippen MR) is 102 cm³/mol. The molecule has 0 aromatic rings. The van der Waals surface area contributed by atoms with E-state index in [4.69, 9.17) is 0 Å². The van der Waals surface area contributed by atoms with Crippen molar-refractivity contribution in [3.63, 3.8) is 0 Å². The molecule has 0 saturated carbocycles. The first-order valence-corrected chi connectivity index (χ1v) is 11.1. The smallest absolute Gasteiger partial charge is 0.204 e. The second-order valence-corrected chi connectivity index (χ2v) is 10.0. The maximum absolute atomic E-state index is 12.7. The number of rotatable bonds is 17. The van der Waals surface area contributed by atoms with Crippen molar-refractivity contribution >= 4 is 31.9 Å². The maximum atomic E-state index is 12.7. The Labute approximate surface area is 161 Å². The third-order valence-electron chi connectivity index (χ3n) is 4.25. The molecule has 0 heterocycles. The van der Waals surface area contributed by atoms with Gasteiger partial charge in [-0.15, -0.1) is 0 Å². The molecular formula is C18H32Br2F4. The molecule has 0 saturated heterocycles. The van der Waals surface area contributed by atoms with Crippen LogP contribution in [0.5, 0.6) is 0 Å². The van der Waals surface area contributed by atoms with Crippen LogP contribution in [0.4, 0.5) is 17.6 Å². The highest BCUT2D eigenvalue weighted by Crippen LogP contribution is 2.29. The molecule has 0 aromatic heterocycles. The first-order valence-electron chi connectivity index (χ1n) is 9.30. The molecule has 0 bridgehead atoms. The Hall–Kier alpha value is 0.680. The summed E-state index contributed by atoms with van der Waals surface area (Å²) in [7, 11) is 0. The van der Waals surface area contributed by atoms with E-state index in [9.17, 15) is 17.6 Å². The first-order chi connectivity index (χ1) is 11.4. The van der Waals surface area contributed by atoms with E-state index in [-0.39, 0.29) is 6.42 Å². The highest BCUT2D eigenvalue weighted by molar-refractivity contribution is 9.24. The van der Waals surface area contributed by atoms with Gasteiger partial charge in [-0.2, -0.15) is 0 Å². The molecule has 0 aliphatic heterocycles. The minimum absolute atomic E-state index is 0.197. The van der Waals surface area contributed by atoms with Gasteiger partial charge in [0.2, 0.25) is 0 Å². The van der Waals surface area contributed by atoms with Gasteiger partial charge in [-0.25, -0.2) is 17.6 Å². The van der Waals surface area contributed by atoms with Gasteiger partial charge in [-0.3, -0.25) is 0 Å². The lowest BCUT2D eigenvalue weighted by atomic mass is 10.0. The van der Waals surface area contributed by atoms with Crippen molar-refractivity contribution < 1.29 is 17.6 Å². The van der Waals surface area contributed by atoms with Crippen LogP contribution in [0.1, 0.15) is 96.3 Å². The quantitative estimate of drug-likeness (QED) is 0.110. The van der Waals surface area contributed by atoms with Crippen LogP contribution in [0.3, 0.4) is 0 Å². The lowest BCUT2D eigenvalue weighted by Gasteiger charge is -2.14. The van der Waals surface area contributed by atoms with Crippen molar-refractivity contribution in [3.8, 4) is 0 Å². The average molecular weight is 484 g/mol. The van der Waals surface area contributed by atoms with E-state index >= 15 is 0 Å². The second kappa shape index (κ2) is 15.9. The molecule has 0 N–H and O–H groups in total. The number of halogens is 6. The van der Waals surface area contributed by atoms with Crippen LogP contribution < -0.4 is 0 Å². The van der Waals surface area contributed by atoms with Crippen LogP contribution in [-0.4, -0.2) is 16.1 Å². The van der Waals surface area contributed by atoms with Crippen LogP contribution >= 0.6 is 31.9 Å². The van der Waals surface area contributed by atoms with Gasteiger partial charge in [0.1, 0.15) is 0 Å². The molecule has 6 heteroatoms. The van der Waals surface area contributed by atoms with E-state index in [2.05, 4.69) is 31.9 Å². The van der Waals surface area contributed by atoms with Crippen molar-refractivity contribution in [1.82, 2.24) is 0 Å². The largest absolute Gasteiger partial charge is 0.307 e. The lowest BCUT2D eigenvalue weighted by Crippen LogP contribution is -2.25. The Bertz CT molecular complexity index is 274. The van der Waals surface area contributed by atoms with E-state index in [1.165, 1.54) is 57.8 Å². The summed E-state index contributed by atoms with van der Waals surface area (Å²) in [5.41, 5.74) is 0. The zero-order valence-corrected chi connectivity index (χ0v) is 17.7. The summed E-state index contributed by atoms with van der Waals surface area (Å²) in [5, 5.41) is 0. The maximum Gasteiger partial charge on any atom is 0.307 e. The number of hydrogen-bond acceptors (Lipinski definition) is 0. The van der Waals surface area contributed by atoms with E-state index in [0.717, 1.165) is 19.3 Å². The van der Waals surface area contributed by atoms with Gasteiger partial charge in [-0.1, -0.05) is 109 Å². The Morgan fingerprint density at radius 3 is 1.25 bits per heavy atom. The van der Waals surface area contributed by atoms with E-state index < -0.39 is 18.8 Å². The summed E-state index contributed by atoms with van der Waals surface area (Å²) >= 11 is 6.96. The normalized spacial score (nSPS) is 12.5. The van der Waals surface area contributed by atoms with Crippen molar-refractivity contribution in [2.45, 2.75) is 112 Å². The zero-order valence-electron chi connectivity index (χ0n) is 14.5. The molecule has 0 rings (SSSR count). The predicted octanol–water partition coefficient (Wildman–Crippen LogP) is 8.85. The fraction of sp³-hybridized carbons (Fsp3) is 1.00. The van der Waals surface area contributed by atoms with E-state index in [1.807, 2.05) is 0 Å². The van der Waals surface area contributed by atoms with Gasteiger partial charge in [0.25, 0.3) is 0 Å². The standard InChI is InChI=1S/C18H32Br2F4/c19-16(20)14-12-10-8-6-4-2-1-3-5-7-9-11-13-15-18(23,24)17(21)22/h16-17H,1-15H2. The van der Waals surface area contributed by atoms with Crippen LogP contribution in [0, 0.1) is 0 Å². The van der Waals surface area contributed by atoms with Gasteiger partial charge < -0.3 is 0 Å². The van der Waals surface area contributed by atoms with Crippen LogP contribution in [0.2, 0.25) is 0 Å². The minimum Gasteiger partial charge on any atom is -0.204 e. The van der Waals surface area contributed by atoms with Gasteiger partial charge in [0.15, 0.2) is 0 Å². The molecule has 0 aromatic carbocycles. The molecule has 0 aliphatic carbocycles. The molecule has 0 nitrogen and oxygen atoms in total. The van der Waals surface area contributed by atoms with Crippen LogP contribution in [-0.2, 0) is 0 Å². The van der Waals surface area contributed by atoms with Gasteiger partial charge in [-0.05, 0) is 12.8 Å². The Balaban J connectivity index is 3.16. The van der Waals surface area contributed by atoms with Gasteiger partial charge in [0, 0.05) is 6.42 Å². The summed E-state index contributed by atoms with van der Waals surface area (Å²) in [4.78, 5) is 0. The van der Waals surface area contributed by atoms with Crippen molar-refractivity contribution in [2.24, 2.45) is 0 Å². The van der Waals surface area contributed by atoms with Gasteiger partial charge >= 0.3 is 12.3 Å². The van der Waals surface area contributed by atoms with Gasteiger partial charge in [0.05, 0.1) is 3.74 Å². The molecule has 0 aliphatic rings. The fourth-order valence-corrected chi connectivity index (χ4v) is 3.36. The molecular weight excluding hydrogens is 452 g/mol. The first kappa shape index (κ1) is 24.7. The summed E-state index contributed by atoms with van der Waals surface area (Å²) in [6.07, 6.45) is 11.1. The molecule has 146 valence electrons. The van der Waals surface area contributed by atoms with Crippen molar-refractivity contribution in [1.29, 1.82) is 0 Å². The molecule has 0 spiro atoms. The molecule has 0 amide bonds. The Kier molecular flexibility index (Phi) is 16.3. The molecule has 0 unspecified atom stereocenters. The SMILES string of the molecule is FC(F)C(F)(F)CCCCCCCCCCCCCCCC(Br)Br. The van der Waals surface area contributed by atoms with Crippen molar-refractivity contribution in [3.05, 3.63) is 0 Å². The van der Waals surface area contributed by atoms with E-state index in [1.54, 1.807) is 0 Å². The lowest BCUT2D eigenvalue weighted by molar-refractivity contribution is -0.133. The Morgan fingerprint density at radius 2 is 0.917 bits per heavy atom. The second-order valence-electron chi connectivity index (χ2n) is 6.59. The number of alkyl halides is 6. The zero-order chi connectivity index (χ0) is 18.3. The third-order valence-corrected chi connectivity index (χ3v) is 5.17. The summed E-state index contributed by atoms with van der Waals surface area (Å²) in [6, 6.07) is 0. The molecule has 0 atom stereocenters. The number of unbranched alkanes of at least 4 members (excludes halogenated alkanes) is 12. The highest BCUT2D eigenvalue weighted by Gasteiger charge is 2.39. The Morgan fingerprint density at radius 1 is 0.583 bits per heavy atom. The minimum atomic E-state index is -3.80. The van der Waals surface area contributed by atoms with Crippen molar-refractivity contribution in [2.75, 3.05) is 0 Å².